The number of allylic oxidation sites excluding steroid dienone is 4. The average molecular weight is 427 g/mol. The molecule has 5 heteroatoms. The molecule has 0 aliphatic rings. The van der Waals surface area contributed by atoms with Crippen LogP contribution < -0.4 is 0 Å². The first kappa shape index (κ1) is 28.1. The summed E-state index contributed by atoms with van der Waals surface area (Å²) in [6.07, 6.45) is 22.0. The molecular weight excluding hydrogens is 380 g/mol. The summed E-state index contributed by atoms with van der Waals surface area (Å²) in [5.74, 6) is -0.187. The molecule has 0 saturated carbocycles. The highest BCUT2D eigenvalue weighted by molar-refractivity contribution is 6.69. The summed E-state index contributed by atoms with van der Waals surface area (Å²) in [4.78, 5) is 11.8. The number of rotatable bonds is 19. The van der Waals surface area contributed by atoms with Crippen LogP contribution in [0.3, 0.4) is 0 Å². The van der Waals surface area contributed by atoms with Gasteiger partial charge < -0.3 is 14.3 Å². The lowest BCUT2D eigenvalue weighted by molar-refractivity contribution is -0.147. The van der Waals surface area contributed by atoms with Crippen LogP contribution in [0.15, 0.2) is 24.3 Å². The number of hydrogen-bond acceptors (Lipinski definition) is 4. The molecule has 0 spiro atoms. The van der Waals surface area contributed by atoms with Gasteiger partial charge in [-0.05, 0) is 58.2 Å². The molecule has 0 rings (SSSR count). The highest BCUT2D eigenvalue weighted by Crippen LogP contribution is 2.10. The number of hydrogen-bond donors (Lipinski definition) is 1. The standard InChI is InChI=1S/C24H46O4Si/c1-5-6-7-8-9-10-11-12-13-14-15-16-17-18-19-20-24(26)27-22-23(21-25)28-29(2,3)4/h9-10,12-13,23,25H,5-8,11,14-22H2,1-4H3. The van der Waals surface area contributed by atoms with Crippen molar-refractivity contribution in [2.24, 2.45) is 0 Å². The third-order valence-corrected chi connectivity index (χ3v) is 5.53. The Balaban J connectivity index is 3.51. The van der Waals surface area contributed by atoms with E-state index in [1.807, 2.05) is 0 Å². The van der Waals surface area contributed by atoms with Gasteiger partial charge in [0.2, 0.25) is 0 Å². The Morgan fingerprint density at radius 3 is 2.07 bits per heavy atom. The van der Waals surface area contributed by atoms with E-state index < -0.39 is 14.4 Å². The summed E-state index contributed by atoms with van der Waals surface area (Å²) in [6.45, 7) is 8.45. The predicted molar refractivity (Wildman–Crippen MR) is 126 cm³/mol. The van der Waals surface area contributed by atoms with E-state index in [-0.39, 0.29) is 19.2 Å². The number of aliphatic hydroxyl groups excluding tert-OH is 1. The number of esters is 1. The Morgan fingerprint density at radius 2 is 1.48 bits per heavy atom. The molecule has 1 unspecified atom stereocenters. The molecule has 0 heterocycles. The van der Waals surface area contributed by atoms with Crippen LogP contribution in [0.2, 0.25) is 19.6 Å². The summed E-state index contributed by atoms with van der Waals surface area (Å²) >= 11 is 0. The minimum atomic E-state index is -1.74. The van der Waals surface area contributed by atoms with Gasteiger partial charge in [-0.25, -0.2) is 0 Å². The number of aliphatic hydroxyl groups is 1. The second-order valence-corrected chi connectivity index (χ2v) is 13.2. The van der Waals surface area contributed by atoms with Crippen molar-refractivity contribution in [1.82, 2.24) is 0 Å². The molecule has 4 nitrogen and oxygen atoms in total. The fourth-order valence-corrected chi connectivity index (χ4v) is 4.11. The quantitative estimate of drug-likeness (QED) is 0.110. The summed E-state index contributed by atoms with van der Waals surface area (Å²) in [5.41, 5.74) is 0. The Morgan fingerprint density at radius 1 is 0.897 bits per heavy atom. The first-order valence-corrected chi connectivity index (χ1v) is 15.0. The SMILES string of the molecule is CCCCCC=CCC=CCCCCCCCC(=O)OCC(CO)O[Si](C)(C)C. The molecule has 0 amide bonds. The molecule has 0 radical (unpaired) electrons. The normalized spacial score (nSPS) is 13.4. The van der Waals surface area contributed by atoms with Gasteiger partial charge in [-0.15, -0.1) is 0 Å². The maximum absolute atomic E-state index is 11.8. The minimum Gasteiger partial charge on any atom is -0.463 e. The van der Waals surface area contributed by atoms with E-state index in [1.165, 1.54) is 38.5 Å². The maximum Gasteiger partial charge on any atom is 0.305 e. The lowest BCUT2D eigenvalue weighted by Gasteiger charge is -2.24. The minimum absolute atomic E-state index is 0.110. The highest BCUT2D eigenvalue weighted by atomic mass is 28.4. The largest absolute Gasteiger partial charge is 0.463 e. The molecule has 1 N–H and O–H groups in total. The van der Waals surface area contributed by atoms with Crippen molar-refractivity contribution in [3.05, 3.63) is 24.3 Å². The zero-order chi connectivity index (χ0) is 21.8. The van der Waals surface area contributed by atoms with E-state index in [2.05, 4.69) is 50.9 Å². The van der Waals surface area contributed by atoms with Gasteiger partial charge in [-0.2, -0.15) is 0 Å². The number of carbonyl (C=O) groups excluding carboxylic acids is 1. The van der Waals surface area contributed by atoms with Gasteiger partial charge in [0, 0.05) is 6.42 Å². The third-order valence-electron chi connectivity index (χ3n) is 4.49. The van der Waals surface area contributed by atoms with Crippen molar-refractivity contribution in [2.45, 2.75) is 110 Å². The maximum atomic E-state index is 11.8. The molecule has 170 valence electrons. The van der Waals surface area contributed by atoms with Crippen molar-refractivity contribution in [2.75, 3.05) is 13.2 Å². The molecule has 29 heavy (non-hydrogen) atoms. The van der Waals surface area contributed by atoms with Crippen LogP contribution in [-0.4, -0.2) is 38.7 Å². The first-order valence-electron chi connectivity index (χ1n) is 11.6. The monoisotopic (exact) mass is 426 g/mol. The zero-order valence-electron chi connectivity index (χ0n) is 19.5. The molecule has 0 aliphatic carbocycles. The summed E-state index contributed by atoms with van der Waals surface area (Å²) in [7, 11) is -1.74. The van der Waals surface area contributed by atoms with Gasteiger partial charge in [0.05, 0.1) is 6.61 Å². The van der Waals surface area contributed by atoms with Gasteiger partial charge in [0.15, 0.2) is 8.32 Å². The van der Waals surface area contributed by atoms with Crippen molar-refractivity contribution >= 4 is 14.3 Å². The van der Waals surface area contributed by atoms with Gasteiger partial charge in [0.1, 0.15) is 12.7 Å². The fourth-order valence-electron chi connectivity index (χ4n) is 2.96. The van der Waals surface area contributed by atoms with Crippen LogP contribution in [0.1, 0.15) is 84.0 Å². The van der Waals surface area contributed by atoms with Gasteiger partial charge in [0.25, 0.3) is 0 Å². The molecule has 1 atom stereocenters. The smallest absolute Gasteiger partial charge is 0.305 e. The molecule has 0 aromatic rings. The lowest BCUT2D eigenvalue weighted by atomic mass is 10.1. The summed E-state index contributed by atoms with van der Waals surface area (Å²) in [6, 6.07) is 0. The first-order chi connectivity index (χ1) is 13.9. The lowest BCUT2D eigenvalue weighted by Crippen LogP contribution is -2.37. The molecule has 0 aromatic heterocycles. The van der Waals surface area contributed by atoms with Crippen LogP contribution in [0.4, 0.5) is 0 Å². The number of carbonyl (C=O) groups is 1. The fraction of sp³-hybridized carbons (Fsp3) is 0.792. The topological polar surface area (TPSA) is 55.8 Å². The Bertz CT molecular complexity index is 441. The van der Waals surface area contributed by atoms with Crippen molar-refractivity contribution in [3.63, 3.8) is 0 Å². The summed E-state index contributed by atoms with van der Waals surface area (Å²) in [5, 5.41) is 9.32. The Hall–Kier alpha value is -0.913. The van der Waals surface area contributed by atoms with Crippen molar-refractivity contribution in [3.8, 4) is 0 Å². The molecule has 0 fully saturated rings. The zero-order valence-corrected chi connectivity index (χ0v) is 20.5. The molecular formula is C24H46O4Si. The highest BCUT2D eigenvalue weighted by Gasteiger charge is 2.21. The summed E-state index contributed by atoms with van der Waals surface area (Å²) < 4.78 is 11.0. The molecule has 0 saturated heterocycles. The van der Waals surface area contributed by atoms with Gasteiger partial charge in [-0.1, -0.05) is 63.3 Å². The van der Waals surface area contributed by atoms with E-state index in [1.54, 1.807) is 0 Å². The van der Waals surface area contributed by atoms with E-state index >= 15 is 0 Å². The van der Waals surface area contributed by atoms with Crippen LogP contribution in [0.25, 0.3) is 0 Å². The van der Waals surface area contributed by atoms with Gasteiger partial charge >= 0.3 is 5.97 Å². The van der Waals surface area contributed by atoms with Crippen LogP contribution >= 0.6 is 0 Å². The van der Waals surface area contributed by atoms with E-state index in [0.29, 0.717) is 6.42 Å². The average Bonchev–Trinajstić information content (AvgIpc) is 2.67. The molecule has 0 aromatic carbocycles. The van der Waals surface area contributed by atoms with Crippen LogP contribution in [0.5, 0.6) is 0 Å². The van der Waals surface area contributed by atoms with Gasteiger partial charge in [-0.3, -0.25) is 4.79 Å². The van der Waals surface area contributed by atoms with E-state index in [0.717, 1.165) is 32.1 Å². The molecule has 0 aliphatic heterocycles. The second kappa shape index (κ2) is 19.1. The van der Waals surface area contributed by atoms with Crippen molar-refractivity contribution < 1.29 is 19.1 Å². The molecule has 0 bridgehead atoms. The Kier molecular flexibility index (Phi) is 18.5. The van der Waals surface area contributed by atoms with Crippen LogP contribution in [-0.2, 0) is 14.0 Å². The predicted octanol–water partition coefficient (Wildman–Crippen LogP) is 6.56. The van der Waals surface area contributed by atoms with Crippen molar-refractivity contribution in [1.29, 1.82) is 0 Å². The number of unbranched alkanes of at least 4 members (excludes halogenated alkanes) is 8. The second-order valence-electron chi connectivity index (χ2n) is 8.70. The van der Waals surface area contributed by atoms with E-state index in [9.17, 15) is 9.90 Å². The van der Waals surface area contributed by atoms with E-state index in [4.69, 9.17) is 9.16 Å². The van der Waals surface area contributed by atoms with Crippen LogP contribution in [0, 0.1) is 0 Å². The number of ether oxygens (including phenoxy) is 1. The third kappa shape index (κ3) is 21.6. The Labute approximate surface area is 180 Å².